The minimum absolute atomic E-state index is 0.279. The van der Waals surface area contributed by atoms with Gasteiger partial charge < -0.3 is 9.13 Å². The Morgan fingerprint density at radius 2 is 2.20 bits per heavy atom. The second-order valence-corrected chi connectivity index (χ2v) is 5.32. The van der Waals surface area contributed by atoms with E-state index in [1.807, 2.05) is 23.1 Å². The third kappa shape index (κ3) is 2.16. The normalized spacial score (nSPS) is 13.0. The number of aromatic nitrogens is 5. The number of hydrogen-bond donors (Lipinski definition) is 0. The van der Waals surface area contributed by atoms with Gasteiger partial charge in [0.2, 0.25) is 0 Å². The number of aryl methyl sites for hydroxylation is 1. The molecule has 3 aromatic rings. The van der Waals surface area contributed by atoms with Crippen molar-refractivity contribution in [2.45, 2.75) is 18.8 Å². The van der Waals surface area contributed by atoms with E-state index in [1.165, 1.54) is 12.1 Å². The molecule has 1 aromatic carbocycles. The van der Waals surface area contributed by atoms with Gasteiger partial charge in [0.05, 0.1) is 23.0 Å². The van der Waals surface area contributed by atoms with Crippen LogP contribution in [0.5, 0.6) is 0 Å². The van der Waals surface area contributed by atoms with Gasteiger partial charge in [0.1, 0.15) is 18.0 Å². The van der Waals surface area contributed by atoms with E-state index in [0.29, 0.717) is 17.9 Å². The molecular weight excluding hydrogens is 281 g/mol. The summed E-state index contributed by atoms with van der Waals surface area (Å²) in [7, 11) is 1.86. The van der Waals surface area contributed by atoms with Crippen LogP contribution in [0.15, 0.2) is 24.5 Å². The first-order chi connectivity index (χ1) is 9.56. The number of halogens is 2. The van der Waals surface area contributed by atoms with Crippen molar-refractivity contribution in [3.63, 3.8) is 0 Å². The zero-order valence-electron chi connectivity index (χ0n) is 11.1. The molecule has 2 heterocycles. The fraction of sp³-hybridized carbons (Fsp3) is 0.308. The average Bonchev–Trinajstić information content (AvgIpc) is 2.95. The monoisotopic (exact) mass is 293 g/mol. The Labute approximate surface area is 120 Å². The van der Waals surface area contributed by atoms with Crippen LogP contribution in [0.3, 0.4) is 0 Å². The van der Waals surface area contributed by atoms with Crippen molar-refractivity contribution in [1.82, 2.24) is 24.3 Å². The first kappa shape index (κ1) is 13.1. The van der Waals surface area contributed by atoms with E-state index in [2.05, 4.69) is 15.2 Å². The molecule has 0 amide bonds. The van der Waals surface area contributed by atoms with Gasteiger partial charge >= 0.3 is 0 Å². The maximum atomic E-state index is 13.5. The smallest absolute Gasteiger partial charge is 0.152 e. The summed E-state index contributed by atoms with van der Waals surface area (Å²) >= 11 is 6.18. The Bertz CT molecular complexity index is 761. The van der Waals surface area contributed by atoms with Crippen LogP contribution >= 0.6 is 11.6 Å². The van der Waals surface area contributed by atoms with Gasteiger partial charge in [-0.05, 0) is 25.1 Å². The van der Waals surface area contributed by atoms with Crippen LogP contribution in [0.2, 0.25) is 0 Å². The lowest BCUT2D eigenvalue weighted by molar-refractivity contribution is 0.626. The summed E-state index contributed by atoms with van der Waals surface area (Å²) in [4.78, 5) is 4.47. The maximum absolute atomic E-state index is 13.5. The number of fused-ring (bicyclic) bond motifs is 1. The molecule has 2 aromatic heterocycles. The Hall–Kier alpha value is -1.95. The molecule has 1 atom stereocenters. The summed E-state index contributed by atoms with van der Waals surface area (Å²) in [6, 6.07) is 4.51. The van der Waals surface area contributed by atoms with Gasteiger partial charge in [-0.1, -0.05) is 0 Å². The second-order valence-electron chi connectivity index (χ2n) is 4.66. The van der Waals surface area contributed by atoms with Gasteiger partial charge in [-0.2, -0.15) is 0 Å². The lowest BCUT2D eigenvalue weighted by Crippen LogP contribution is -2.09. The van der Waals surface area contributed by atoms with Gasteiger partial charge in [-0.15, -0.1) is 21.8 Å². The fourth-order valence-corrected chi connectivity index (χ4v) is 2.34. The molecule has 0 saturated heterocycles. The van der Waals surface area contributed by atoms with E-state index in [9.17, 15) is 4.39 Å². The molecule has 0 saturated carbocycles. The predicted molar refractivity (Wildman–Crippen MR) is 74.1 cm³/mol. The first-order valence-electron chi connectivity index (χ1n) is 6.19. The number of alkyl halides is 1. The first-order valence-corrected chi connectivity index (χ1v) is 6.62. The fourth-order valence-electron chi connectivity index (χ4n) is 2.18. The van der Waals surface area contributed by atoms with Crippen molar-refractivity contribution in [3.05, 3.63) is 42.0 Å². The number of nitrogens with zero attached hydrogens (tertiary/aromatic N) is 5. The molecule has 0 N–H and O–H groups in total. The molecule has 1 unspecified atom stereocenters. The molecular formula is C13H13ClFN5. The zero-order valence-corrected chi connectivity index (χ0v) is 11.8. The van der Waals surface area contributed by atoms with Crippen LogP contribution in [-0.4, -0.2) is 24.3 Å². The van der Waals surface area contributed by atoms with E-state index in [4.69, 9.17) is 11.6 Å². The lowest BCUT2D eigenvalue weighted by atomic mass is 10.3. The van der Waals surface area contributed by atoms with Crippen LogP contribution in [-0.2, 0) is 13.6 Å². The number of benzene rings is 1. The third-order valence-corrected chi connectivity index (χ3v) is 3.40. The van der Waals surface area contributed by atoms with E-state index in [0.717, 1.165) is 11.3 Å². The maximum Gasteiger partial charge on any atom is 0.152 e. The Balaban J connectivity index is 2.18. The topological polar surface area (TPSA) is 48.5 Å². The standard InChI is InChI=1S/C13H13ClFN5/c1-8(14)13-17-10-4-3-9(15)5-11(10)20(13)6-12-18-16-7-19(12)2/h3-5,7-8H,6H2,1-2H3. The van der Waals surface area contributed by atoms with Crippen molar-refractivity contribution in [2.75, 3.05) is 0 Å². The van der Waals surface area contributed by atoms with Gasteiger partial charge in [0, 0.05) is 7.05 Å². The molecule has 7 heteroatoms. The van der Waals surface area contributed by atoms with E-state index in [-0.39, 0.29) is 11.2 Å². The van der Waals surface area contributed by atoms with Crippen LogP contribution in [0.4, 0.5) is 4.39 Å². The average molecular weight is 294 g/mol. The summed E-state index contributed by atoms with van der Waals surface area (Å²) in [5, 5.41) is 7.62. The molecule has 0 aliphatic rings. The van der Waals surface area contributed by atoms with Crippen LogP contribution in [0, 0.1) is 5.82 Å². The van der Waals surface area contributed by atoms with Crippen molar-refractivity contribution in [2.24, 2.45) is 7.05 Å². The predicted octanol–water partition coefficient (Wildman–Crippen LogP) is 2.65. The largest absolute Gasteiger partial charge is 0.319 e. The lowest BCUT2D eigenvalue weighted by Gasteiger charge is -2.09. The minimum Gasteiger partial charge on any atom is -0.319 e. The van der Waals surface area contributed by atoms with Crippen molar-refractivity contribution < 1.29 is 4.39 Å². The second kappa shape index (κ2) is 4.86. The summed E-state index contributed by atoms with van der Waals surface area (Å²) in [6.07, 6.45) is 1.62. The van der Waals surface area contributed by atoms with Crippen LogP contribution < -0.4 is 0 Å². The summed E-state index contributed by atoms with van der Waals surface area (Å²) in [5.41, 5.74) is 1.42. The highest BCUT2D eigenvalue weighted by Crippen LogP contribution is 2.25. The molecule has 0 fully saturated rings. The molecule has 20 heavy (non-hydrogen) atoms. The molecule has 0 aliphatic heterocycles. The van der Waals surface area contributed by atoms with Gasteiger partial charge in [0.15, 0.2) is 5.82 Å². The molecule has 0 bridgehead atoms. The van der Waals surface area contributed by atoms with Crippen molar-refractivity contribution in [1.29, 1.82) is 0 Å². The molecule has 0 radical (unpaired) electrons. The highest BCUT2D eigenvalue weighted by atomic mass is 35.5. The van der Waals surface area contributed by atoms with E-state index >= 15 is 0 Å². The Morgan fingerprint density at radius 1 is 1.40 bits per heavy atom. The number of imidazole rings is 1. The summed E-state index contributed by atoms with van der Waals surface area (Å²) in [5.74, 6) is 1.15. The van der Waals surface area contributed by atoms with Gasteiger partial charge in [-0.3, -0.25) is 0 Å². The highest BCUT2D eigenvalue weighted by Gasteiger charge is 2.17. The van der Waals surface area contributed by atoms with Gasteiger partial charge in [-0.25, -0.2) is 9.37 Å². The number of hydrogen-bond acceptors (Lipinski definition) is 3. The van der Waals surface area contributed by atoms with Crippen molar-refractivity contribution >= 4 is 22.6 Å². The Kier molecular flexibility index (Phi) is 3.17. The van der Waals surface area contributed by atoms with Crippen LogP contribution in [0.1, 0.15) is 23.9 Å². The highest BCUT2D eigenvalue weighted by molar-refractivity contribution is 6.20. The molecule has 0 aliphatic carbocycles. The van der Waals surface area contributed by atoms with Crippen molar-refractivity contribution in [3.8, 4) is 0 Å². The third-order valence-electron chi connectivity index (χ3n) is 3.20. The molecule has 3 rings (SSSR count). The quantitative estimate of drug-likeness (QED) is 0.698. The number of rotatable bonds is 3. The van der Waals surface area contributed by atoms with Crippen LogP contribution in [0.25, 0.3) is 11.0 Å². The Morgan fingerprint density at radius 3 is 2.85 bits per heavy atom. The SMILES string of the molecule is CC(Cl)c1nc2ccc(F)cc2n1Cc1nncn1C. The molecule has 5 nitrogen and oxygen atoms in total. The van der Waals surface area contributed by atoms with E-state index < -0.39 is 0 Å². The van der Waals surface area contributed by atoms with E-state index in [1.54, 1.807) is 12.4 Å². The van der Waals surface area contributed by atoms with Gasteiger partial charge in [0.25, 0.3) is 0 Å². The minimum atomic E-state index is -0.301. The summed E-state index contributed by atoms with van der Waals surface area (Å²) < 4.78 is 17.2. The summed E-state index contributed by atoms with van der Waals surface area (Å²) in [6.45, 7) is 2.29. The molecule has 104 valence electrons. The zero-order chi connectivity index (χ0) is 14.3. The molecule has 0 spiro atoms.